The monoisotopic (exact) mass is 304 g/mol. The van der Waals surface area contributed by atoms with Crippen molar-refractivity contribution in [3.05, 3.63) is 46.7 Å². The van der Waals surface area contributed by atoms with Gasteiger partial charge in [0.25, 0.3) is 11.8 Å². The number of aromatic nitrogens is 1. The van der Waals surface area contributed by atoms with Gasteiger partial charge in [-0.2, -0.15) is 0 Å². The molecule has 0 unspecified atom stereocenters. The number of methoxy groups -OCH3 is 1. The molecule has 2 aromatic rings. The van der Waals surface area contributed by atoms with Gasteiger partial charge < -0.3 is 14.2 Å². The first kappa shape index (κ1) is 14.9. The van der Waals surface area contributed by atoms with Gasteiger partial charge in [-0.3, -0.25) is 4.79 Å². The Morgan fingerprint density at radius 1 is 1.52 bits per heavy atom. The van der Waals surface area contributed by atoms with Crippen molar-refractivity contribution in [1.29, 1.82) is 0 Å². The average molecular weight is 305 g/mol. The number of hydrogen-bond donors (Lipinski definition) is 0. The number of nitrogens with zero attached hydrogens (tertiary/aromatic N) is 2. The van der Waals surface area contributed by atoms with Crippen molar-refractivity contribution in [2.24, 2.45) is 0 Å². The molecule has 0 aliphatic rings. The van der Waals surface area contributed by atoms with Gasteiger partial charge in [-0.25, -0.2) is 0 Å². The Morgan fingerprint density at radius 3 is 2.90 bits per heavy atom. The molecule has 108 valence electrons. The van der Waals surface area contributed by atoms with Crippen LogP contribution in [0, 0.1) is 12.3 Å². The van der Waals surface area contributed by atoms with Gasteiger partial charge in [-0.15, -0.1) is 6.42 Å². The number of hydrogen-bond acceptors (Lipinski definition) is 4. The molecule has 0 N–H and O–H groups in total. The van der Waals surface area contributed by atoms with E-state index in [2.05, 4.69) is 11.1 Å². The largest absolute Gasteiger partial charge is 0.479 e. The predicted octanol–water partition coefficient (Wildman–Crippen LogP) is 2.61. The SMILES string of the molecule is C#CCN(Cc1ccccc1Cl)C(=O)c1cc(OC)no1. The zero-order valence-electron chi connectivity index (χ0n) is 11.4. The summed E-state index contributed by atoms with van der Waals surface area (Å²) in [7, 11) is 1.44. The van der Waals surface area contributed by atoms with Crippen LogP contribution in [0.2, 0.25) is 5.02 Å². The maximum absolute atomic E-state index is 12.4. The van der Waals surface area contributed by atoms with Crippen molar-refractivity contribution in [2.45, 2.75) is 6.54 Å². The summed E-state index contributed by atoms with van der Waals surface area (Å²) in [6.45, 7) is 0.415. The molecule has 0 aliphatic carbocycles. The van der Waals surface area contributed by atoms with Crippen molar-refractivity contribution in [3.8, 4) is 18.2 Å². The molecule has 2 rings (SSSR count). The Bertz CT molecular complexity index is 676. The molecule has 0 radical (unpaired) electrons. The minimum atomic E-state index is -0.372. The lowest BCUT2D eigenvalue weighted by atomic mass is 10.2. The minimum Gasteiger partial charge on any atom is -0.479 e. The van der Waals surface area contributed by atoms with Crippen LogP contribution >= 0.6 is 11.6 Å². The van der Waals surface area contributed by atoms with Crippen molar-refractivity contribution in [3.63, 3.8) is 0 Å². The van der Waals surface area contributed by atoms with Gasteiger partial charge in [0.05, 0.1) is 19.7 Å². The number of rotatable bonds is 5. The number of amides is 1. The maximum atomic E-state index is 12.4. The second kappa shape index (κ2) is 6.82. The van der Waals surface area contributed by atoms with Crippen LogP contribution in [0.3, 0.4) is 0 Å². The van der Waals surface area contributed by atoms with Gasteiger partial charge in [-0.1, -0.05) is 35.7 Å². The highest BCUT2D eigenvalue weighted by molar-refractivity contribution is 6.31. The summed E-state index contributed by atoms with van der Waals surface area (Å²) in [6, 6.07) is 8.67. The maximum Gasteiger partial charge on any atom is 0.293 e. The van der Waals surface area contributed by atoms with E-state index in [0.717, 1.165) is 5.56 Å². The number of carbonyl (C=O) groups excluding carboxylic acids is 1. The first-order chi connectivity index (χ1) is 10.2. The smallest absolute Gasteiger partial charge is 0.293 e. The lowest BCUT2D eigenvalue weighted by Gasteiger charge is -2.19. The summed E-state index contributed by atoms with van der Waals surface area (Å²) >= 11 is 6.10. The zero-order chi connectivity index (χ0) is 15.2. The molecule has 1 aromatic carbocycles. The zero-order valence-corrected chi connectivity index (χ0v) is 12.1. The average Bonchev–Trinajstić information content (AvgIpc) is 2.97. The molecule has 21 heavy (non-hydrogen) atoms. The fourth-order valence-electron chi connectivity index (χ4n) is 1.75. The Kier molecular flexibility index (Phi) is 4.85. The fraction of sp³-hybridized carbons (Fsp3) is 0.200. The molecular formula is C15H13ClN2O3. The summed E-state index contributed by atoms with van der Waals surface area (Å²) in [4.78, 5) is 13.8. The molecule has 0 bridgehead atoms. The summed E-state index contributed by atoms with van der Waals surface area (Å²) in [5.74, 6) is 2.37. The molecular weight excluding hydrogens is 292 g/mol. The minimum absolute atomic E-state index is 0.0640. The standard InChI is InChI=1S/C15H13ClN2O3/c1-3-8-18(10-11-6-4-5-7-12(11)16)15(19)13-9-14(20-2)17-21-13/h1,4-7,9H,8,10H2,2H3. The van der Waals surface area contributed by atoms with Crippen LogP contribution in [0.4, 0.5) is 0 Å². The molecule has 0 atom stereocenters. The van der Waals surface area contributed by atoms with E-state index in [4.69, 9.17) is 27.3 Å². The highest BCUT2D eigenvalue weighted by atomic mass is 35.5. The van der Waals surface area contributed by atoms with E-state index in [-0.39, 0.29) is 30.6 Å². The van der Waals surface area contributed by atoms with E-state index in [9.17, 15) is 4.79 Å². The summed E-state index contributed by atoms with van der Waals surface area (Å²) in [6.07, 6.45) is 5.32. The van der Waals surface area contributed by atoms with Crippen LogP contribution in [-0.2, 0) is 6.54 Å². The van der Waals surface area contributed by atoms with Crippen LogP contribution in [-0.4, -0.2) is 29.6 Å². The number of terminal acetylenes is 1. The van der Waals surface area contributed by atoms with Gasteiger partial charge in [0.15, 0.2) is 0 Å². The van der Waals surface area contributed by atoms with Crippen molar-refractivity contribution in [2.75, 3.05) is 13.7 Å². The van der Waals surface area contributed by atoms with E-state index in [1.807, 2.05) is 18.2 Å². The van der Waals surface area contributed by atoms with E-state index in [1.165, 1.54) is 18.1 Å². The van der Waals surface area contributed by atoms with E-state index < -0.39 is 0 Å². The molecule has 5 nitrogen and oxygen atoms in total. The van der Waals surface area contributed by atoms with E-state index in [1.54, 1.807) is 6.07 Å². The molecule has 1 heterocycles. The van der Waals surface area contributed by atoms with Crippen LogP contribution in [0.1, 0.15) is 16.1 Å². The predicted molar refractivity (Wildman–Crippen MR) is 78.1 cm³/mol. The van der Waals surface area contributed by atoms with Crippen molar-refractivity contribution in [1.82, 2.24) is 10.1 Å². The second-order valence-electron chi connectivity index (χ2n) is 4.19. The summed E-state index contributed by atoms with van der Waals surface area (Å²) in [5.41, 5.74) is 0.800. The lowest BCUT2D eigenvalue weighted by molar-refractivity contribution is 0.0723. The highest BCUT2D eigenvalue weighted by Crippen LogP contribution is 2.19. The van der Waals surface area contributed by atoms with Crippen molar-refractivity contribution >= 4 is 17.5 Å². The molecule has 1 amide bonds. The topological polar surface area (TPSA) is 55.6 Å². The van der Waals surface area contributed by atoms with Crippen LogP contribution in [0.15, 0.2) is 34.9 Å². The third-order valence-corrected chi connectivity index (χ3v) is 3.17. The molecule has 6 heteroatoms. The van der Waals surface area contributed by atoms with Gasteiger partial charge >= 0.3 is 0 Å². The first-order valence-corrected chi connectivity index (χ1v) is 6.50. The van der Waals surface area contributed by atoms with Gasteiger partial charge in [0.1, 0.15) is 0 Å². The van der Waals surface area contributed by atoms with Crippen molar-refractivity contribution < 1.29 is 14.1 Å². The van der Waals surface area contributed by atoms with Crippen LogP contribution in [0.5, 0.6) is 5.88 Å². The van der Waals surface area contributed by atoms with E-state index in [0.29, 0.717) is 5.02 Å². The molecule has 0 spiro atoms. The summed E-state index contributed by atoms with van der Waals surface area (Å²) < 4.78 is 9.83. The second-order valence-corrected chi connectivity index (χ2v) is 4.60. The Hall–Kier alpha value is -2.45. The lowest BCUT2D eigenvalue weighted by Crippen LogP contribution is -2.30. The fourth-order valence-corrected chi connectivity index (χ4v) is 1.95. The number of carbonyl (C=O) groups is 1. The van der Waals surface area contributed by atoms with Gasteiger partial charge in [-0.05, 0) is 16.8 Å². The molecule has 0 saturated heterocycles. The number of ether oxygens (including phenoxy) is 1. The molecule has 0 aliphatic heterocycles. The van der Waals surface area contributed by atoms with E-state index >= 15 is 0 Å². The number of benzene rings is 1. The highest BCUT2D eigenvalue weighted by Gasteiger charge is 2.21. The Labute approximate surface area is 127 Å². The van der Waals surface area contributed by atoms with Gasteiger partial charge in [0.2, 0.25) is 5.76 Å². The van der Waals surface area contributed by atoms with Gasteiger partial charge in [0, 0.05) is 11.6 Å². The third kappa shape index (κ3) is 3.56. The normalized spacial score (nSPS) is 9.95. The molecule has 0 saturated carbocycles. The Morgan fingerprint density at radius 2 is 2.29 bits per heavy atom. The van der Waals surface area contributed by atoms with Crippen LogP contribution < -0.4 is 4.74 Å². The first-order valence-electron chi connectivity index (χ1n) is 6.12. The third-order valence-electron chi connectivity index (χ3n) is 2.80. The quantitative estimate of drug-likeness (QED) is 0.797. The number of halogens is 1. The van der Waals surface area contributed by atoms with Crippen LogP contribution in [0.25, 0.3) is 0 Å². The Balaban J connectivity index is 2.20. The summed E-state index contributed by atoms with van der Waals surface area (Å²) in [5, 5.41) is 4.17. The molecule has 1 aromatic heterocycles. The molecule has 0 fully saturated rings.